The van der Waals surface area contributed by atoms with Crippen LogP contribution in [-0.2, 0) is 9.05 Å². The number of hydrogen-bond donors (Lipinski definition) is 0. The van der Waals surface area contributed by atoms with Gasteiger partial charge in [-0.2, -0.15) is 0 Å². The van der Waals surface area contributed by atoms with E-state index in [-0.39, 0.29) is 12.2 Å². The van der Waals surface area contributed by atoms with Crippen LogP contribution in [-0.4, -0.2) is 20.1 Å². The molecule has 2 aliphatic carbocycles. The van der Waals surface area contributed by atoms with Crippen LogP contribution in [0.2, 0.25) is 0 Å². The largest absolute Gasteiger partial charge is 0.254 e. The molecule has 82 valence electrons. The molecule has 0 N–H and O–H groups in total. The van der Waals surface area contributed by atoms with E-state index >= 15 is 0 Å². The first-order chi connectivity index (χ1) is 6.27. The molecule has 2 fully saturated rings. The highest BCUT2D eigenvalue weighted by molar-refractivity contribution is 8.13. The summed E-state index contributed by atoms with van der Waals surface area (Å²) in [5, 5.41) is 0. The molecule has 0 radical (unpaired) electrons. The molecule has 2 saturated carbocycles. The number of hydrogen-bond acceptors (Lipinski definition) is 2. The molecule has 2 aliphatic rings. The fourth-order valence-electron chi connectivity index (χ4n) is 2.67. The Bertz CT molecular complexity index is 348. The number of halogens is 3. The van der Waals surface area contributed by atoms with Crippen LogP contribution >= 0.6 is 10.7 Å². The Balaban J connectivity index is 2.11. The van der Waals surface area contributed by atoms with Gasteiger partial charge in [0.2, 0.25) is 9.05 Å². The molecular formula is C8H11ClF2O2S. The van der Waals surface area contributed by atoms with Gasteiger partial charge in [-0.3, -0.25) is 0 Å². The topological polar surface area (TPSA) is 34.1 Å². The first-order valence-corrected chi connectivity index (χ1v) is 7.05. The van der Waals surface area contributed by atoms with Crippen LogP contribution in [0.15, 0.2) is 0 Å². The molecular weight excluding hydrogens is 234 g/mol. The van der Waals surface area contributed by atoms with Gasteiger partial charge in [-0.15, -0.1) is 0 Å². The Labute approximate surface area is 86.0 Å². The zero-order valence-corrected chi connectivity index (χ0v) is 9.04. The van der Waals surface area contributed by atoms with E-state index < -0.39 is 26.3 Å². The molecule has 0 bridgehead atoms. The third-order valence-corrected chi connectivity index (χ3v) is 4.84. The highest BCUT2D eigenvalue weighted by Gasteiger charge is 2.70. The van der Waals surface area contributed by atoms with Crippen molar-refractivity contribution < 1.29 is 17.2 Å². The zero-order valence-electron chi connectivity index (χ0n) is 7.47. The monoisotopic (exact) mass is 244 g/mol. The van der Waals surface area contributed by atoms with E-state index in [2.05, 4.69) is 0 Å². The van der Waals surface area contributed by atoms with Crippen LogP contribution in [0.5, 0.6) is 0 Å². The van der Waals surface area contributed by atoms with Gasteiger partial charge in [0.15, 0.2) is 0 Å². The zero-order chi connectivity index (χ0) is 10.6. The van der Waals surface area contributed by atoms with Gasteiger partial charge in [-0.05, 0) is 18.8 Å². The van der Waals surface area contributed by atoms with Crippen LogP contribution in [0.4, 0.5) is 8.78 Å². The van der Waals surface area contributed by atoms with E-state index in [0.717, 1.165) is 6.42 Å². The van der Waals surface area contributed by atoms with Crippen molar-refractivity contribution in [3.05, 3.63) is 0 Å². The second kappa shape index (κ2) is 2.82. The van der Waals surface area contributed by atoms with E-state index in [4.69, 9.17) is 10.7 Å². The maximum atomic E-state index is 13.2. The maximum absolute atomic E-state index is 13.2. The second-order valence-corrected chi connectivity index (χ2v) is 7.14. The van der Waals surface area contributed by atoms with Crippen molar-refractivity contribution in [2.45, 2.75) is 31.6 Å². The van der Waals surface area contributed by atoms with Crippen molar-refractivity contribution in [2.75, 3.05) is 5.75 Å². The molecule has 0 aliphatic heterocycles. The highest BCUT2D eigenvalue weighted by atomic mass is 35.7. The van der Waals surface area contributed by atoms with Crippen LogP contribution in [0.3, 0.4) is 0 Å². The summed E-state index contributed by atoms with van der Waals surface area (Å²) >= 11 is 0. The minimum atomic E-state index is -3.64. The van der Waals surface area contributed by atoms with E-state index in [1.165, 1.54) is 0 Å². The normalized spacial score (nSPS) is 33.5. The van der Waals surface area contributed by atoms with Gasteiger partial charge in [0.1, 0.15) is 0 Å². The van der Waals surface area contributed by atoms with Crippen LogP contribution in [0, 0.1) is 11.3 Å². The highest BCUT2D eigenvalue weighted by Crippen LogP contribution is 2.68. The summed E-state index contributed by atoms with van der Waals surface area (Å²) < 4.78 is 48.0. The lowest BCUT2D eigenvalue weighted by molar-refractivity contribution is -0.271. The van der Waals surface area contributed by atoms with Crippen LogP contribution in [0.25, 0.3) is 0 Å². The predicted molar refractivity (Wildman–Crippen MR) is 49.0 cm³/mol. The average Bonchev–Trinajstić information content (AvgIpc) is 1.75. The van der Waals surface area contributed by atoms with Crippen molar-refractivity contribution in [1.82, 2.24) is 0 Å². The molecule has 0 aromatic heterocycles. The standard InChI is InChI=1S/C8H11ClF2O2S/c9-14(12,13)5-6-4-8(10,11)7(6)2-1-3-7/h6H,1-5H2. The van der Waals surface area contributed by atoms with Crippen LogP contribution in [0.1, 0.15) is 25.7 Å². The molecule has 1 atom stereocenters. The summed E-state index contributed by atoms with van der Waals surface area (Å²) in [6, 6.07) is 0. The summed E-state index contributed by atoms with van der Waals surface area (Å²) in [6.45, 7) is 0. The van der Waals surface area contributed by atoms with Crippen molar-refractivity contribution in [3.63, 3.8) is 0 Å². The fraction of sp³-hybridized carbons (Fsp3) is 1.00. The molecule has 0 heterocycles. The smallest absolute Gasteiger partial charge is 0.212 e. The molecule has 1 spiro atoms. The second-order valence-electron chi connectivity index (χ2n) is 4.32. The Morgan fingerprint density at radius 3 is 2.21 bits per heavy atom. The van der Waals surface area contributed by atoms with Gasteiger partial charge in [0.25, 0.3) is 5.92 Å². The lowest BCUT2D eigenvalue weighted by Crippen LogP contribution is -2.63. The first-order valence-electron chi connectivity index (χ1n) is 4.57. The van der Waals surface area contributed by atoms with Gasteiger partial charge >= 0.3 is 0 Å². The third kappa shape index (κ3) is 1.36. The SMILES string of the molecule is O=S(=O)(Cl)CC1CC(F)(F)C12CCC2. The molecule has 14 heavy (non-hydrogen) atoms. The van der Waals surface area contributed by atoms with Crippen molar-refractivity contribution in [3.8, 4) is 0 Å². The molecule has 6 heteroatoms. The summed E-state index contributed by atoms with van der Waals surface area (Å²) in [7, 11) is 1.43. The van der Waals surface area contributed by atoms with Crippen molar-refractivity contribution in [1.29, 1.82) is 0 Å². The minimum Gasteiger partial charge on any atom is -0.212 e. The molecule has 0 saturated heterocycles. The maximum Gasteiger partial charge on any atom is 0.254 e. The van der Waals surface area contributed by atoms with Crippen molar-refractivity contribution in [2.24, 2.45) is 11.3 Å². The predicted octanol–water partition coefficient (Wildman–Crippen LogP) is 2.38. The van der Waals surface area contributed by atoms with Gasteiger partial charge in [-0.25, -0.2) is 17.2 Å². The van der Waals surface area contributed by atoms with Gasteiger partial charge in [0, 0.05) is 22.5 Å². The average molecular weight is 245 g/mol. The number of rotatable bonds is 2. The summed E-state index contributed by atoms with van der Waals surface area (Å²) in [5.41, 5.74) is -1.03. The Kier molecular flexibility index (Phi) is 2.13. The van der Waals surface area contributed by atoms with Gasteiger partial charge < -0.3 is 0 Å². The van der Waals surface area contributed by atoms with Gasteiger partial charge in [0.05, 0.1) is 5.75 Å². The molecule has 0 aromatic rings. The molecule has 0 amide bonds. The quantitative estimate of drug-likeness (QED) is 0.699. The lowest BCUT2D eigenvalue weighted by atomic mass is 9.48. The summed E-state index contributed by atoms with van der Waals surface area (Å²) in [5.74, 6) is -3.41. The Hall–Kier alpha value is 0.1000. The van der Waals surface area contributed by atoms with E-state index in [9.17, 15) is 17.2 Å². The fourth-order valence-corrected chi connectivity index (χ4v) is 4.04. The van der Waals surface area contributed by atoms with Crippen LogP contribution < -0.4 is 0 Å². The Morgan fingerprint density at radius 1 is 1.36 bits per heavy atom. The molecule has 2 nitrogen and oxygen atoms in total. The third-order valence-electron chi connectivity index (χ3n) is 3.66. The van der Waals surface area contributed by atoms with Gasteiger partial charge in [-0.1, -0.05) is 6.42 Å². The molecule has 0 aromatic carbocycles. The summed E-state index contributed by atoms with van der Waals surface area (Å²) in [6.07, 6.45) is 1.33. The summed E-state index contributed by atoms with van der Waals surface area (Å²) in [4.78, 5) is 0. The number of alkyl halides is 2. The first kappa shape index (κ1) is 10.6. The van der Waals surface area contributed by atoms with E-state index in [1.54, 1.807) is 0 Å². The van der Waals surface area contributed by atoms with Crippen molar-refractivity contribution >= 4 is 19.7 Å². The molecule has 2 rings (SSSR count). The lowest BCUT2D eigenvalue weighted by Gasteiger charge is -2.60. The van der Waals surface area contributed by atoms with E-state index in [1.807, 2.05) is 0 Å². The Morgan fingerprint density at radius 2 is 1.93 bits per heavy atom. The van der Waals surface area contributed by atoms with E-state index in [0.29, 0.717) is 12.8 Å². The minimum absolute atomic E-state index is 0.301. The molecule has 1 unspecified atom stereocenters.